The van der Waals surface area contributed by atoms with Gasteiger partial charge < -0.3 is 19.4 Å². The number of rotatable bonds is 5. The molecule has 1 atom stereocenters. The highest BCUT2D eigenvalue weighted by molar-refractivity contribution is 5.55. The first-order valence-electron chi connectivity index (χ1n) is 10.7. The minimum Gasteiger partial charge on any atom is -0.486 e. The van der Waals surface area contributed by atoms with Gasteiger partial charge in [0.25, 0.3) is 0 Å². The van der Waals surface area contributed by atoms with Crippen LogP contribution in [0.2, 0.25) is 0 Å². The maximum atomic E-state index is 5.72. The molecule has 6 nitrogen and oxygen atoms in total. The van der Waals surface area contributed by atoms with Crippen molar-refractivity contribution in [2.24, 2.45) is 0 Å². The summed E-state index contributed by atoms with van der Waals surface area (Å²) in [6.07, 6.45) is 6.29. The lowest BCUT2D eigenvalue weighted by Crippen LogP contribution is -2.42. The Balaban J connectivity index is 1.25. The van der Waals surface area contributed by atoms with E-state index in [2.05, 4.69) is 69.3 Å². The summed E-state index contributed by atoms with van der Waals surface area (Å²) in [4.78, 5) is 7.14. The molecular formula is C24H28N4O2. The van der Waals surface area contributed by atoms with Crippen molar-refractivity contribution in [3.05, 3.63) is 66.2 Å². The zero-order valence-electron chi connectivity index (χ0n) is 17.4. The van der Waals surface area contributed by atoms with E-state index in [-0.39, 0.29) is 0 Å². The fraction of sp³-hybridized carbons (Fsp3) is 0.375. The number of hydrogen-bond donors (Lipinski definition) is 1. The molecule has 3 aromatic rings. The van der Waals surface area contributed by atoms with E-state index in [9.17, 15) is 0 Å². The van der Waals surface area contributed by atoms with E-state index in [0.717, 1.165) is 49.1 Å². The second-order valence-electron chi connectivity index (χ2n) is 8.13. The molecule has 1 aromatic heterocycles. The Morgan fingerprint density at radius 3 is 2.90 bits per heavy atom. The van der Waals surface area contributed by atoms with Crippen LogP contribution in [-0.4, -0.2) is 46.8 Å². The third kappa shape index (κ3) is 4.14. The minimum absolute atomic E-state index is 0.406. The number of benzene rings is 2. The first-order chi connectivity index (χ1) is 14.7. The van der Waals surface area contributed by atoms with E-state index in [1.54, 1.807) is 0 Å². The predicted octanol–water partition coefficient (Wildman–Crippen LogP) is 4.03. The highest BCUT2D eigenvalue weighted by atomic mass is 16.6. The molecule has 1 fully saturated rings. The molecule has 0 radical (unpaired) electrons. The smallest absolute Gasteiger partial charge is 0.163 e. The molecular weight excluding hydrogens is 376 g/mol. The second kappa shape index (κ2) is 8.40. The lowest BCUT2D eigenvalue weighted by Gasteiger charge is -2.33. The largest absolute Gasteiger partial charge is 0.486 e. The third-order valence-electron chi connectivity index (χ3n) is 5.78. The molecule has 0 aliphatic carbocycles. The van der Waals surface area contributed by atoms with E-state index < -0.39 is 0 Å². The van der Waals surface area contributed by atoms with Crippen LogP contribution in [0.15, 0.2) is 54.9 Å². The van der Waals surface area contributed by atoms with E-state index in [1.807, 2.05) is 12.3 Å². The average molecular weight is 405 g/mol. The number of likely N-dealkylation sites (tertiary alicyclic amines) is 1. The zero-order valence-corrected chi connectivity index (χ0v) is 17.4. The lowest BCUT2D eigenvalue weighted by atomic mass is 10.1. The van der Waals surface area contributed by atoms with Crippen molar-refractivity contribution in [1.82, 2.24) is 14.5 Å². The van der Waals surface area contributed by atoms with Gasteiger partial charge in [-0.1, -0.05) is 12.1 Å². The Bertz CT molecular complexity index is 1020. The van der Waals surface area contributed by atoms with E-state index in [1.165, 1.54) is 17.7 Å². The van der Waals surface area contributed by atoms with Gasteiger partial charge in [0.05, 0.1) is 6.54 Å². The van der Waals surface area contributed by atoms with Crippen LogP contribution >= 0.6 is 0 Å². The number of hydrogen-bond acceptors (Lipinski definition) is 5. The molecule has 1 saturated heterocycles. The van der Waals surface area contributed by atoms with Gasteiger partial charge in [-0.05, 0) is 56.1 Å². The van der Waals surface area contributed by atoms with Gasteiger partial charge in [-0.25, -0.2) is 4.98 Å². The molecule has 1 N–H and O–H groups in total. The average Bonchev–Trinajstić information content (AvgIpc) is 3.22. The van der Waals surface area contributed by atoms with Crippen LogP contribution in [0.5, 0.6) is 11.5 Å². The Kier molecular flexibility index (Phi) is 5.32. The molecule has 30 heavy (non-hydrogen) atoms. The molecule has 2 aromatic carbocycles. The maximum absolute atomic E-state index is 5.72. The summed E-state index contributed by atoms with van der Waals surface area (Å²) in [5.74, 6) is 2.75. The summed E-state index contributed by atoms with van der Waals surface area (Å²) in [7, 11) is 0. The van der Waals surface area contributed by atoms with Crippen LogP contribution in [-0.2, 0) is 6.54 Å². The SMILES string of the molecule is Cc1cccc(-n2ccnc2CN2CCCC(Nc3ccc4c(c3)OCCO4)C2)c1. The molecule has 156 valence electrons. The first kappa shape index (κ1) is 19.0. The van der Waals surface area contributed by atoms with Crippen molar-refractivity contribution in [1.29, 1.82) is 0 Å². The van der Waals surface area contributed by atoms with Crippen LogP contribution in [0.4, 0.5) is 5.69 Å². The lowest BCUT2D eigenvalue weighted by molar-refractivity contribution is 0.171. The molecule has 5 rings (SSSR count). The number of aryl methyl sites for hydroxylation is 1. The van der Waals surface area contributed by atoms with Crippen LogP contribution in [0, 0.1) is 6.92 Å². The summed E-state index contributed by atoms with van der Waals surface area (Å²) >= 11 is 0. The number of piperidine rings is 1. The van der Waals surface area contributed by atoms with Crippen LogP contribution in [0.25, 0.3) is 5.69 Å². The van der Waals surface area contributed by atoms with Crippen LogP contribution in [0.1, 0.15) is 24.2 Å². The molecule has 6 heteroatoms. The van der Waals surface area contributed by atoms with Crippen LogP contribution < -0.4 is 14.8 Å². The topological polar surface area (TPSA) is 51.6 Å². The number of ether oxygens (including phenoxy) is 2. The minimum atomic E-state index is 0.406. The number of anilines is 1. The highest BCUT2D eigenvalue weighted by Gasteiger charge is 2.22. The molecule has 3 heterocycles. The van der Waals surface area contributed by atoms with E-state index >= 15 is 0 Å². The molecule has 2 aliphatic heterocycles. The summed E-state index contributed by atoms with van der Waals surface area (Å²) < 4.78 is 13.5. The predicted molar refractivity (Wildman–Crippen MR) is 118 cm³/mol. The van der Waals surface area contributed by atoms with Crippen LogP contribution in [0.3, 0.4) is 0 Å². The Morgan fingerprint density at radius 1 is 1.10 bits per heavy atom. The molecule has 0 amide bonds. The van der Waals surface area contributed by atoms with Crippen molar-refractivity contribution in [2.75, 3.05) is 31.6 Å². The number of nitrogens with zero attached hydrogens (tertiary/aromatic N) is 3. The Labute approximate surface area is 177 Å². The van der Waals surface area contributed by atoms with E-state index in [0.29, 0.717) is 19.3 Å². The number of imidazole rings is 1. The fourth-order valence-corrected chi connectivity index (χ4v) is 4.35. The summed E-state index contributed by atoms with van der Waals surface area (Å²) in [5, 5.41) is 3.69. The van der Waals surface area contributed by atoms with Gasteiger partial charge in [-0.2, -0.15) is 0 Å². The molecule has 2 aliphatic rings. The third-order valence-corrected chi connectivity index (χ3v) is 5.78. The maximum Gasteiger partial charge on any atom is 0.163 e. The molecule has 1 unspecified atom stereocenters. The van der Waals surface area contributed by atoms with Crippen molar-refractivity contribution in [3.63, 3.8) is 0 Å². The first-order valence-corrected chi connectivity index (χ1v) is 10.7. The van der Waals surface area contributed by atoms with Crippen molar-refractivity contribution in [3.8, 4) is 17.2 Å². The molecule has 0 bridgehead atoms. The number of fused-ring (bicyclic) bond motifs is 1. The normalized spacial score (nSPS) is 18.9. The standard InChI is InChI=1S/C24H28N4O2/c1-18-4-2-6-21(14-18)28-11-9-25-24(28)17-27-10-3-5-20(16-27)26-19-7-8-22-23(15-19)30-13-12-29-22/h2,4,6-9,11,14-15,20,26H,3,5,10,12-13,16-17H2,1H3. The summed E-state index contributed by atoms with van der Waals surface area (Å²) in [6.45, 7) is 6.30. The summed E-state index contributed by atoms with van der Waals surface area (Å²) in [6, 6.07) is 15.1. The Morgan fingerprint density at radius 2 is 2.00 bits per heavy atom. The van der Waals surface area contributed by atoms with Gasteiger partial charge >= 0.3 is 0 Å². The van der Waals surface area contributed by atoms with Crippen molar-refractivity contribution in [2.45, 2.75) is 32.4 Å². The zero-order chi connectivity index (χ0) is 20.3. The number of nitrogens with one attached hydrogen (secondary N) is 1. The van der Waals surface area contributed by atoms with Crippen molar-refractivity contribution >= 4 is 5.69 Å². The van der Waals surface area contributed by atoms with Gasteiger partial charge in [0.2, 0.25) is 0 Å². The van der Waals surface area contributed by atoms with Gasteiger partial charge in [0.1, 0.15) is 19.0 Å². The number of aromatic nitrogens is 2. The van der Waals surface area contributed by atoms with Gasteiger partial charge in [0.15, 0.2) is 11.5 Å². The quantitative estimate of drug-likeness (QED) is 0.696. The van der Waals surface area contributed by atoms with Gasteiger partial charge in [-0.3, -0.25) is 4.90 Å². The monoisotopic (exact) mass is 404 g/mol. The molecule has 0 saturated carbocycles. The fourth-order valence-electron chi connectivity index (χ4n) is 4.35. The second-order valence-corrected chi connectivity index (χ2v) is 8.13. The highest BCUT2D eigenvalue weighted by Crippen LogP contribution is 2.33. The molecule has 0 spiro atoms. The van der Waals surface area contributed by atoms with E-state index in [4.69, 9.17) is 9.47 Å². The van der Waals surface area contributed by atoms with Gasteiger partial charge in [0, 0.05) is 42.4 Å². The van der Waals surface area contributed by atoms with Crippen molar-refractivity contribution < 1.29 is 9.47 Å². The van der Waals surface area contributed by atoms with Gasteiger partial charge in [-0.15, -0.1) is 0 Å². The summed E-state index contributed by atoms with van der Waals surface area (Å²) in [5.41, 5.74) is 3.52. The Hall–Kier alpha value is -2.99.